The van der Waals surface area contributed by atoms with Crippen molar-refractivity contribution in [2.24, 2.45) is 0 Å². The first kappa shape index (κ1) is 11.8. The molecular formula is C16H17N3. The van der Waals surface area contributed by atoms with Gasteiger partial charge in [-0.1, -0.05) is 23.8 Å². The van der Waals surface area contributed by atoms with Crippen LogP contribution in [0.3, 0.4) is 0 Å². The Hall–Kier alpha value is -2.29. The summed E-state index contributed by atoms with van der Waals surface area (Å²) in [6.45, 7) is 2.10. The van der Waals surface area contributed by atoms with Gasteiger partial charge in [-0.2, -0.15) is 0 Å². The van der Waals surface area contributed by atoms with E-state index in [1.807, 2.05) is 14.1 Å². The fourth-order valence-electron chi connectivity index (χ4n) is 2.19. The first-order valence-electron chi connectivity index (χ1n) is 6.36. The van der Waals surface area contributed by atoms with Gasteiger partial charge < -0.3 is 9.30 Å². The molecule has 0 spiro atoms. The third-order valence-electron chi connectivity index (χ3n) is 3.27. The molecule has 2 heterocycles. The zero-order chi connectivity index (χ0) is 13.4. The Labute approximate surface area is 113 Å². The monoisotopic (exact) mass is 251 g/mol. The minimum absolute atomic E-state index is 0.975. The van der Waals surface area contributed by atoms with Crippen molar-refractivity contribution in [3.8, 4) is 11.3 Å². The van der Waals surface area contributed by atoms with Crippen LogP contribution in [0.1, 0.15) is 5.56 Å². The molecule has 0 atom stereocenters. The van der Waals surface area contributed by atoms with Crippen LogP contribution < -0.4 is 4.90 Å². The van der Waals surface area contributed by atoms with Crippen LogP contribution >= 0.6 is 0 Å². The molecule has 0 fully saturated rings. The van der Waals surface area contributed by atoms with Crippen LogP contribution in [0.25, 0.3) is 16.9 Å². The Morgan fingerprint density at radius 1 is 1.11 bits per heavy atom. The largest absolute Gasteiger partial charge is 0.378 e. The molecule has 3 rings (SSSR count). The zero-order valence-corrected chi connectivity index (χ0v) is 11.5. The van der Waals surface area contributed by atoms with E-state index in [0.717, 1.165) is 22.6 Å². The van der Waals surface area contributed by atoms with Crippen LogP contribution in [0.15, 0.2) is 48.8 Å². The Morgan fingerprint density at radius 3 is 2.68 bits per heavy atom. The Morgan fingerprint density at radius 2 is 1.95 bits per heavy atom. The quantitative estimate of drug-likeness (QED) is 0.696. The third-order valence-corrected chi connectivity index (χ3v) is 3.27. The van der Waals surface area contributed by atoms with Gasteiger partial charge >= 0.3 is 0 Å². The molecule has 2 aromatic heterocycles. The van der Waals surface area contributed by atoms with E-state index in [1.165, 1.54) is 5.56 Å². The second-order valence-electron chi connectivity index (χ2n) is 5.04. The fourth-order valence-corrected chi connectivity index (χ4v) is 2.19. The minimum Gasteiger partial charge on any atom is -0.378 e. The van der Waals surface area contributed by atoms with Gasteiger partial charge in [0.05, 0.1) is 5.69 Å². The lowest BCUT2D eigenvalue weighted by Gasteiger charge is -2.11. The molecule has 0 saturated heterocycles. The van der Waals surface area contributed by atoms with E-state index in [9.17, 15) is 0 Å². The van der Waals surface area contributed by atoms with Crippen LogP contribution in [0.5, 0.6) is 0 Å². The van der Waals surface area contributed by atoms with Crippen molar-refractivity contribution in [1.82, 2.24) is 9.38 Å². The lowest BCUT2D eigenvalue weighted by atomic mass is 10.1. The number of aromatic nitrogens is 2. The lowest BCUT2D eigenvalue weighted by Crippen LogP contribution is -2.08. The number of hydrogen-bond donors (Lipinski definition) is 0. The van der Waals surface area contributed by atoms with Crippen molar-refractivity contribution < 1.29 is 0 Å². The molecule has 0 radical (unpaired) electrons. The number of nitrogens with zero attached hydrogens (tertiary/aromatic N) is 3. The highest BCUT2D eigenvalue weighted by Crippen LogP contribution is 2.22. The predicted octanol–water partition coefficient (Wildman–Crippen LogP) is 3.38. The number of rotatable bonds is 2. The summed E-state index contributed by atoms with van der Waals surface area (Å²) in [6.07, 6.45) is 4.13. The van der Waals surface area contributed by atoms with E-state index in [1.54, 1.807) is 0 Å². The molecule has 0 aliphatic heterocycles. The summed E-state index contributed by atoms with van der Waals surface area (Å²) >= 11 is 0. The second-order valence-corrected chi connectivity index (χ2v) is 5.04. The predicted molar refractivity (Wildman–Crippen MR) is 79.7 cm³/mol. The van der Waals surface area contributed by atoms with Crippen molar-refractivity contribution in [2.75, 3.05) is 19.0 Å². The molecule has 1 aromatic carbocycles. The molecule has 3 heteroatoms. The smallest absolute Gasteiger partial charge is 0.139 e. The summed E-state index contributed by atoms with van der Waals surface area (Å²) in [5.74, 6) is 0. The first-order valence-corrected chi connectivity index (χ1v) is 6.36. The van der Waals surface area contributed by atoms with Crippen LogP contribution in [0.2, 0.25) is 0 Å². The van der Waals surface area contributed by atoms with Gasteiger partial charge in [0.1, 0.15) is 5.65 Å². The van der Waals surface area contributed by atoms with Crippen molar-refractivity contribution >= 4 is 11.3 Å². The van der Waals surface area contributed by atoms with E-state index in [0.29, 0.717) is 0 Å². The number of benzene rings is 1. The van der Waals surface area contributed by atoms with E-state index in [2.05, 4.69) is 65.0 Å². The van der Waals surface area contributed by atoms with E-state index < -0.39 is 0 Å². The first-order chi connectivity index (χ1) is 9.13. The molecule has 3 nitrogen and oxygen atoms in total. The van der Waals surface area contributed by atoms with Gasteiger partial charge in [0.2, 0.25) is 0 Å². The SMILES string of the molecule is Cc1cccc(-c2cn3ccc(N(C)C)cc3n2)c1. The minimum atomic E-state index is 0.975. The van der Waals surface area contributed by atoms with Gasteiger partial charge in [-0.15, -0.1) is 0 Å². The average Bonchev–Trinajstić information content (AvgIpc) is 2.81. The molecule has 0 aliphatic rings. The molecular weight excluding hydrogens is 234 g/mol. The summed E-state index contributed by atoms with van der Waals surface area (Å²) in [5.41, 5.74) is 5.56. The molecule has 0 aliphatic carbocycles. The Balaban J connectivity index is 2.11. The zero-order valence-electron chi connectivity index (χ0n) is 11.5. The van der Waals surface area contributed by atoms with Gasteiger partial charge in [0, 0.05) is 43.8 Å². The number of aryl methyl sites for hydroxylation is 1. The standard InChI is InChI=1S/C16H17N3/c1-12-5-4-6-13(9-12)15-11-19-8-7-14(18(2)3)10-16(19)17-15/h4-11H,1-3H3. The maximum Gasteiger partial charge on any atom is 0.139 e. The topological polar surface area (TPSA) is 20.5 Å². The maximum atomic E-state index is 4.70. The average molecular weight is 251 g/mol. The normalized spacial score (nSPS) is 10.9. The molecule has 0 amide bonds. The van der Waals surface area contributed by atoms with E-state index >= 15 is 0 Å². The van der Waals surface area contributed by atoms with Crippen molar-refractivity contribution in [3.63, 3.8) is 0 Å². The highest BCUT2D eigenvalue weighted by Gasteiger charge is 2.05. The van der Waals surface area contributed by atoms with Gasteiger partial charge in [0.25, 0.3) is 0 Å². The summed E-state index contributed by atoms with van der Waals surface area (Å²) in [4.78, 5) is 6.79. The molecule has 0 N–H and O–H groups in total. The summed E-state index contributed by atoms with van der Waals surface area (Å²) < 4.78 is 2.06. The summed E-state index contributed by atoms with van der Waals surface area (Å²) in [6, 6.07) is 12.6. The Bertz CT molecular complexity index is 726. The van der Waals surface area contributed by atoms with Crippen molar-refractivity contribution in [3.05, 3.63) is 54.4 Å². The fraction of sp³-hybridized carbons (Fsp3) is 0.188. The van der Waals surface area contributed by atoms with Gasteiger partial charge in [0.15, 0.2) is 0 Å². The van der Waals surface area contributed by atoms with Crippen molar-refractivity contribution in [2.45, 2.75) is 6.92 Å². The lowest BCUT2D eigenvalue weighted by molar-refractivity contribution is 1.10. The van der Waals surface area contributed by atoms with E-state index in [-0.39, 0.29) is 0 Å². The second kappa shape index (κ2) is 4.43. The number of pyridine rings is 1. The summed E-state index contributed by atoms with van der Waals surface area (Å²) in [7, 11) is 4.08. The van der Waals surface area contributed by atoms with Gasteiger partial charge in [-0.25, -0.2) is 4.98 Å². The Kier molecular flexibility index (Phi) is 2.75. The molecule has 3 aromatic rings. The molecule has 0 unspecified atom stereocenters. The molecule has 96 valence electrons. The highest BCUT2D eigenvalue weighted by molar-refractivity contribution is 5.65. The van der Waals surface area contributed by atoms with Gasteiger partial charge in [-0.3, -0.25) is 0 Å². The molecule has 0 saturated carbocycles. The summed E-state index contributed by atoms with van der Waals surface area (Å²) in [5, 5.41) is 0. The maximum absolute atomic E-state index is 4.70. The number of imidazole rings is 1. The van der Waals surface area contributed by atoms with Gasteiger partial charge in [-0.05, 0) is 19.1 Å². The molecule has 19 heavy (non-hydrogen) atoms. The van der Waals surface area contributed by atoms with Crippen molar-refractivity contribution in [1.29, 1.82) is 0 Å². The van der Waals surface area contributed by atoms with Crippen LogP contribution in [-0.4, -0.2) is 23.5 Å². The van der Waals surface area contributed by atoms with Crippen LogP contribution in [0.4, 0.5) is 5.69 Å². The van der Waals surface area contributed by atoms with Crippen LogP contribution in [0, 0.1) is 6.92 Å². The third kappa shape index (κ3) is 2.19. The van der Waals surface area contributed by atoms with Crippen LogP contribution in [-0.2, 0) is 0 Å². The number of hydrogen-bond acceptors (Lipinski definition) is 2. The highest BCUT2D eigenvalue weighted by atomic mass is 15.1. The molecule has 0 bridgehead atoms. The van der Waals surface area contributed by atoms with E-state index in [4.69, 9.17) is 4.98 Å². The number of fused-ring (bicyclic) bond motifs is 1. The number of anilines is 1.